The first-order chi connectivity index (χ1) is 9.56. The van der Waals surface area contributed by atoms with Gasteiger partial charge in [0.2, 0.25) is 0 Å². The maximum absolute atomic E-state index is 11.8. The van der Waals surface area contributed by atoms with Gasteiger partial charge in [-0.15, -0.1) is 0 Å². The lowest BCUT2D eigenvalue weighted by molar-refractivity contribution is -0.123. The predicted molar refractivity (Wildman–Crippen MR) is 77.3 cm³/mol. The van der Waals surface area contributed by atoms with E-state index in [9.17, 15) is 4.79 Å². The number of benzene rings is 1. The van der Waals surface area contributed by atoms with Gasteiger partial charge in [0, 0.05) is 0 Å². The predicted octanol–water partition coefficient (Wildman–Crippen LogP) is 2.13. The molecule has 0 radical (unpaired) electrons. The third kappa shape index (κ3) is 3.80. The van der Waals surface area contributed by atoms with Crippen LogP contribution in [0.3, 0.4) is 0 Å². The zero-order valence-corrected chi connectivity index (χ0v) is 12.8. The summed E-state index contributed by atoms with van der Waals surface area (Å²) in [7, 11) is 0. The number of amides is 1. The topological polar surface area (TPSA) is 79.9 Å². The first-order valence-electron chi connectivity index (χ1n) is 6.10. The number of hydrogen-bond donors (Lipinski definition) is 2. The number of nitrogens with zero attached hydrogens (tertiary/aromatic N) is 2. The zero-order chi connectivity index (χ0) is 14.5. The van der Waals surface area contributed by atoms with Crippen LogP contribution >= 0.6 is 15.9 Å². The van der Waals surface area contributed by atoms with Crippen molar-refractivity contribution in [1.82, 2.24) is 20.5 Å². The molecular weight excluding hydrogens is 324 g/mol. The van der Waals surface area contributed by atoms with Gasteiger partial charge in [0.25, 0.3) is 5.91 Å². The van der Waals surface area contributed by atoms with Crippen molar-refractivity contribution in [2.45, 2.75) is 19.9 Å². The number of ether oxygens (including phenoxy) is 1. The molecule has 2 rings (SSSR count). The molecule has 1 aromatic carbocycles. The van der Waals surface area contributed by atoms with Gasteiger partial charge in [0.15, 0.2) is 6.61 Å². The van der Waals surface area contributed by atoms with E-state index in [1.165, 1.54) is 6.33 Å². The molecule has 0 bridgehead atoms. The number of rotatable bonds is 5. The fraction of sp³-hybridized carbons (Fsp3) is 0.308. The Morgan fingerprint density at radius 2 is 2.35 bits per heavy atom. The van der Waals surface area contributed by atoms with Gasteiger partial charge in [-0.1, -0.05) is 6.07 Å². The van der Waals surface area contributed by atoms with E-state index in [2.05, 4.69) is 36.4 Å². The molecule has 0 saturated heterocycles. The molecule has 1 amide bonds. The van der Waals surface area contributed by atoms with E-state index in [0.717, 1.165) is 10.0 Å². The Balaban J connectivity index is 1.86. The Morgan fingerprint density at radius 1 is 1.55 bits per heavy atom. The first kappa shape index (κ1) is 14.5. The van der Waals surface area contributed by atoms with E-state index >= 15 is 0 Å². The smallest absolute Gasteiger partial charge is 0.258 e. The molecule has 2 aromatic rings. The average Bonchev–Trinajstić information content (AvgIpc) is 2.91. The van der Waals surface area contributed by atoms with Crippen LogP contribution in [-0.4, -0.2) is 27.7 Å². The first-order valence-corrected chi connectivity index (χ1v) is 6.89. The summed E-state index contributed by atoms with van der Waals surface area (Å²) < 4.78 is 6.29. The van der Waals surface area contributed by atoms with Crippen molar-refractivity contribution in [3.63, 3.8) is 0 Å². The molecule has 1 atom stereocenters. The minimum Gasteiger partial charge on any atom is -0.483 e. The number of hydrogen-bond acceptors (Lipinski definition) is 4. The van der Waals surface area contributed by atoms with Crippen LogP contribution in [0.1, 0.15) is 24.4 Å². The molecule has 0 aliphatic heterocycles. The van der Waals surface area contributed by atoms with Gasteiger partial charge in [-0.25, -0.2) is 4.98 Å². The largest absolute Gasteiger partial charge is 0.483 e. The van der Waals surface area contributed by atoms with Crippen LogP contribution in [-0.2, 0) is 4.79 Å². The number of carbonyl (C=O) groups excluding carboxylic acids is 1. The van der Waals surface area contributed by atoms with Gasteiger partial charge in [-0.3, -0.25) is 9.89 Å². The van der Waals surface area contributed by atoms with Crippen LogP contribution in [0.25, 0.3) is 0 Å². The Hall–Kier alpha value is -1.89. The summed E-state index contributed by atoms with van der Waals surface area (Å²) in [6.45, 7) is 3.75. The van der Waals surface area contributed by atoms with Crippen molar-refractivity contribution in [2.24, 2.45) is 0 Å². The number of aromatic nitrogens is 3. The molecule has 0 aliphatic carbocycles. The molecule has 7 heteroatoms. The molecule has 106 valence electrons. The molecule has 6 nitrogen and oxygen atoms in total. The van der Waals surface area contributed by atoms with Gasteiger partial charge < -0.3 is 10.1 Å². The number of aryl methyl sites for hydroxylation is 1. The van der Waals surface area contributed by atoms with Gasteiger partial charge >= 0.3 is 0 Å². The Morgan fingerprint density at radius 3 is 3.00 bits per heavy atom. The number of carbonyl (C=O) groups is 1. The summed E-state index contributed by atoms with van der Waals surface area (Å²) in [5.74, 6) is 1.02. The van der Waals surface area contributed by atoms with Crippen LogP contribution in [0.15, 0.2) is 29.0 Å². The molecule has 0 spiro atoms. The Bertz CT molecular complexity index is 586. The highest BCUT2D eigenvalue weighted by molar-refractivity contribution is 9.10. The fourth-order valence-electron chi connectivity index (χ4n) is 1.64. The van der Waals surface area contributed by atoms with Crippen LogP contribution < -0.4 is 10.1 Å². The number of H-pyrrole nitrogens is 1. The van der Waals surface area contributed by atoms with Crippen molar-refractivity contribution in [3.05, 3.63) is 40.4 Å². The summed E-state index contributed by atoms with van der Waals surface area (Å²) in [5, 5.41) is 9.22. The lowest BCUT2D eigenvalue weighted by atomic mass is 10.2. The molecular formula is C13H15BrN4O2. The van der Waals surface area contributed by atoms with Crippen LogP contribution in [0.4, 0.5) is 0 Å². The quantitative estimate of drug-likeness (QED) is 0.875. The van der Waals surface area contributed by atoms with Crippen molar-refractivity contribution < 1.29 is 9.53 Å². The standard InChI is InChI=1S/C13H15BrN4O2/c1-8-3-4-11(10(14)5-8)20-6-12(19)17-9(2)13-15-7-16-18-13/h3-5,7,9H,6H2,1-2H3,(H,17,19)(H,15,16,18). The summed E-state index contributed by atoms with van der Waals surface area (Å²) in [4.78, 5) is 15.8. The third-order valence-corrected chi connectivity index (χ3v) is 3.29. The van der Waals surface area contributed by atoms with E-state index in [-0.39, 0.29) is 18.6 Å². The average molecular weight is 339 g/mol. The Labute approximate surface area is 125 Å². The normalized spacial score (nSPS) is 11.9. The third-order valence-electron chi connectivity index (χ3n) is 2.67. The molecule has 0 saturated carbocycles. The summed E-state index contributed by atoms with van der Waals surface area (Å²) in [6, 6.07) is 5.45. The SMILES string of the molecule is Cc1ccc(OCC(=O)NC(C)c2ncn[nH]2)c(Br)c1. The van der Waals surface area contributed by atoms with Crippen LogP contribution in [0, 0.1) is 6.92 Å². The van der Waals surface area contributed by atoms with Gasteiger partial charge in [-0.2, -0.15) is 5.10 Å². The lowest BCUT2D eigenvalue weighted by Crippen LogP contribution is -2.31. The van der Waals surface area contributed by atoms with Crippen molar-refractivity contribution in [3.8, 4) is 5.75 Å². The van der Waals surface area contributed by atoms with Crippen molar-refractivity contribution in [2.75, 3.05) is 6.61 Å². The highest BCUT2D eigenvalue weighted by atomic mass is 79.9. The monoisotopic (exact) mass is 338 g/mol. The minimum absolute atomic E-state index is 0.0554. The lowest BCUT2D eigenvalue weighted by Gasteiger charge is -2.12. The molecule has 0 aliphatic rings. The minimum atomic E-state index is -0.241. The van der Waals surface area contributed by atoms with Gasteiger partial charge in [0.1, 0.15) is 17.9 Å². The molecule has 0 fully saturated rings. The van der Waals surface area contributed by atoms with E-state index < -0.39 is 0 Å². The van der Waals surface area contributed by atoms with Crippen molar-refractivity contribution >= 4 is 21.8 Å². The molecule has 1 aromatic heterocycles. The van der Waals surface area contributed by atoms with Gasteiger partial charge in [0.05, 0.1) is 10.5 Å². The summed E-state index contributed by atoms with van der Waals surface area (Å²) in [5.41, 5.74) is 1.12. The molecule has 1 unspecified atom stereocenters. The Kier molecular flexibility index (Phi) is 4.73. The van der Waals surface area contributed by atoms with E-state index in [0.29, 0.717) is 11.6 Å². The maximum Gasteiger partial charge on any atom is 0.258 e. The zero-order valence-electron chi connectivity index (χ0n) is 11.2. The summed E-state index contributed by atoms with van der Waals surface area (Å²) >= 11 is 3.40. The van der Waals surface area contributed by atoms with E-state index in [4.69, 9.17) is 4.74 Å². The maximum atomic E-state index is 11.8. The van der Waals surface area contributed by atoms with E-state index in [1.54, 1.807) is 0 Å². The van der Waals surface area contributed by atoms with Gasteiger partial charge in [-0.05, 0) is 47.5 Å². The second-order valence-corrected chi connectivity index (χ2v) is 5.24. The molecule has 1 heterocycles. The van der Waals surface area contributed by atoms with Crippen molar-refractivity contribution in [1.29, 1.82) is 0 Å². The molecule has 20 heavy (non-hydrogen) atoms. The molecule has 2 N–H and O–H groups in total. The highest BCUT2D eigenvalue weighted by Crippen LogP contribution is 2.25. The second kappa shape index (κ2) is 6.51. The number of aromatic amines is 1. The van der Waals surface area contributed by atoms with Crippen LogP contribution in [0.2, 0.25) is 0 Å². The fourth-order valence-corrected chi connectivity index (χ4v) is 2.25. The summed E-state index contributed by atoms with van der Waals surface area (Å²) in [6.07, 6.45) is 1.40. The second-order valence-electron chi connectivity index (χ2n) is 4.38. The number of halogens is 1. The highest BCUT2D eigenvalue weighted by Gasteiger charge is 2.12. The van der Waals surface area contributed by atoms with E-state index in [1.807, 2.05) is 32.0 Å². The number of nitrogens with one attached hydrogen (secondary N) is 2. The van der Waals surface area contributed by atoms with Crippen LogP contribution in [0.5, 0.6) is 5.75 Å².